The van der Waals surface area contributed by atoms with Gasteiger partial charge in [0.15, 0.2) is 0 Å². The van der Waals surface area contributed by atoms with Crippen LogP contribution in [0.1, 0.15) is 16.1 Å². The van der Waals surface area contributed by atoms with Crippen LogP contribution < -0.4 is 15.8 Å². The molecule has 2 aromatic rings. The fourth-order valence-electron chi connectivity index (χ4n) is 1.59. The number of nitrogens with zero attached hydrogens (tertiary/aromatic N) is 3. The Bertz CT molecular complexity index is 693. The van der Waals surface area contributed by atoms with Crippen molar-refractivity contribution in [3.63, 3.8) is 0 Å². The number of rotatable bonds is 3. The maximum absolute atomic E-state index is 12.1. The topological polar surface area (TPSA) is 114 Å². The minimum absolute atomic E-state index is 0.0554. The third-order valence-corrected chi connectivity index (χ3v) is 2.49. The molecule has 7 heteroatoms. The average molecular weight is 269 g/mol. The van der Waals surface area contributed by atoms with E-state index in [0.717, 1.165) is 0 Å². The van der Waals surface area contributed by atoms with Crippen molar-refractivity contribution in [3.05, 3.63) is 41.9 Å². The molecular weight excluding hydrogens is 258 g/mol. The predicted octanol–water partition coefficient (Wildman–Crippen LogP) is 1.19. The van der Waals surface area contributed by atoms with Crippen LogP contribution in [-0.4, -0.2) is 23.0 Å². The zero-order valence-corrected chi connectivity index (χ0v) is 10.6. The van der Waals surface area contributed by atoms with Crippen molar-refractivity contribution in [2.24, 2.45) is 0 Å². The maximum atomic E-state index is 12.1. The second-order valence-corrected chi connectivity index (χ2v) is 3.78. The smallest absolute Gasteiger partial charge is 0.276 e. The van der Waals surface area contributed by atoms with Crippen molar-refractivity contribution in [1.29, 1.82) is 5.26 Å². The van der Waals surface area contributed by atoms with Crippen molar-refractivity contribution in [2.75, 3.05) is 18.2 Å². The van der Waals surface area contributed by atoms with Crippen molar-refractivity contribution < 1.29 is 9.53 Å². The molecule has 2 rings (SSSR count). The van der Waals surface area contributed by atoms with Gasteiger partial charge in [-0.3, -0.25) is 9.78 Å². The monoisotopic (exact) mass is 269 g/mol. The fraction of sp³-hybridized carbons (Fsp3) is 0.0769. The minimum atomic E-state index is -0.522. The Kier molecular flexibility index (Phi) is 3.77. The number of carbonyl (C=O) groups is 1. The molecule has 1 amide bonds. The van der Waals surface area contributed by atoms with E-state index in [1.807, 2.05) is 6.07 Å². The highest BCUT2D eigenvalue weighted by Crippen LogP contribution is 2.28. The first-order valence-electron chi connectivity index (χ1n) is 5.61. The van der Waals surface area contributed by atoms with Crippen molar-refractivity contribution in [1.82, 2.24) is 9.97 Å². The standard InChI is InChI=1S/C13H11N5O2/c1-20-10-4-2-3-8(5-14)12(10)18-13(19)9-6-16-7-11(15)17-9/h2-4,6-7H,1H3,(H2,15,17)(H,18,19). The molecule has 0 aliphatic carbocycles. The highest BCUT2D eigenvalue weighted by Gasteiger charge is 2.15. The molecule has 0 saturated heterocycles. The number of benzene rings is 1. The van der Waals surface area contributed by atoms with Gasteiger partial charge in [0, 0.05) is 0 Å². The number of carbonyl (C=O) groups excluding carboxylic acids is 1. The van der Waals surface area contributed by atoms with Crippen LogP contribution in [0.15, 0.2) is 30.6 Å². The summed E-state index contributed by atoms with van der Waals surface area (Å²) >= 11 is 0. The molecule has 7 nitrogen and oxygen atoms in total. The predicted molar refractivity (Wildman–Crippen MR) is 72.1 cm³/mol. The molecule has 0 bridgehead atoms. The molecular formula is C13H11N5O2. The highest BCUT2D eigenvalue weighted by molar-refractivity contribution is 6.04. The fourth-order valence-corrected chi connectivity index (χ4v) is 1.59. The molecule has 1 aromatic carbocycles. The van der Waals surface area contributed by atoms with Gasteiger partial charge in [0.2, 0.25) is 0 Å². The first-order chi connectivity index (χ1) is 9.65. The van der Waals surface area contributed by atoms with Crippen LogP contribution in [0.4, 0.5) is 11.5 Å². The Hall–Kier alpha value is -3.14. The van der Waals surface area contributed by atoms with Crippen LogP contribution in [0, 0.1) is 11.3 Å². The molecule has 0 spiro atoms. The van der Waals surface area contributed by atoms with E-state index >= 15 is 0 Å². The summed E-state index contributed by atoms with van der Waals surface area (Å²) in [5, 5.41) is 11.6. The summed E-state index contributed by atoms with van der Waals surface area (Å²) in [5.41, 5.74) is 6.10. The Labute approximate surface area is 115 Å². The number of hydrogen-bond donors (Lipinski definition) is 2. The second kappa shape index (κ2) is 5.67. The van der Waals surface area contributed by atoms with Crippen LogP contribution in [0.2, 0.25) is 0 Å². The molecule has 0 radical (unpaired) electrons. The van der Waals surface area contributed by atoms with Crippen molar-refractivity contribution >= 4 is 17.4 Å². The lowest BCUT2D eigenvalue weighted by Crippen LogP contribution is -2.16. The van der Waals surface area contributed by atoms with E-state index in [9.17, 15) is 4.79 Å². The number of nitriles is 1. The summed E-state index contributed by atoms with van der Waals surface area (Å²) in [4.78, 5) is 19.7. The summed E-state index contributed by atoms with van der Waals surface area (Å²) in [6, 6.07) is 6.86. The molecule has 1 aromatic heterocycles. The highest BCUT2D eigenvalue weighted by atomic mass is 16.5. The van der Waals surface area contributed by atoms with Crippen LogP contribution in [-0.2, 0) is 0 Å². The van der Waals surface area contributed by atoms with Gasteiger partial charge in [-0.15, -0.1) is 0 Å². The molecule has 0 fully saturated rings. The Morgan fingerprint density at radius 2 is 2.25 bits per heavy atom. The lowest BCUT2D eigenvalue weighted by molar-refractivity contribution is 0.102. The number of methoxy groups -OCH3 is 1. The number of hydrogen-bond acceptors (Lipinski definition) is 6. The van der Waals surface area contributed by atoms with E-state index in [0.29, 0.717) is 5.75 Å². The summed E-state index contributed by atoms with van der Waals surface area (Å²) in [6.07, 6.45) is 2.62. The molecule has 0 saturated carbocycles. The molecule has 3 N–H and O–H groups in total. The SMILES string of the molecule is COc1cccc(C#N)c1NC(=O)c1cncc(N)n1. The van der Waals surface area contributed by atoms with E-state index in [-0.39, 0.29) is 22.8 Å². The Morgan fingerprint density at radius 1 is 1.45 bits per heavy atom. The first kappa shape index (κ1) is 13.3. The lowest BCUT2D eigenvalue weighted by Gasteiger charge is -2.11. The quantitative estimate of drug-likeness (QED) is 0.865. The summed E-state index contributed by atoms with van der Waals surface area (Å²) in [7, 11) is 1.45. The number of nitrogen functional groups attached to an aromatic ring is 1. The van der Waals surface area contributed by atoms with Gasteiger partial charge in [-0.25, -0.2) is 4.98 Å². The maximum Gasteiger partial charge on any atom is 0.276 e. The Balaban J connectivity index is 2.35. The van der Waals surface area contributed by atoms with Crippen LogP contribution in [0.3, 0.4) is 0 Å². The largest absolute Gasteiger partial charge is 0.495 e. The molecule has 0 unspecified atom stereocenters. The van der Waals surface area contributed by atoms with Gasteiger partial charge >= 0.3 is 0 Å². The van der Waals surface area contributed by atoms with Crippen LogP contribution in [0.25, 0.3) is 0 Å². The zero-order chi connectivity index (χ0) is 14.5. The number of para-hydroxylation sites is 1. The molecule has 1 heterocycles. The summed E-state index contributed by atoms with van der Waals surface area (Å²) < 4.78 is 5.12. The van der Waals surface area contributed by atoms with Gasteiger partial charge < -0.3 is 15.8 Å². The number of aromatic nitrogens is 2. The zero-order valence-electron chi connectivity index (χ0n) is 10.6. The number of anilines is 2. The van der Waals surface area contributed by atoms with Gasteiger partial charge in [0.05, 0.1) is 25.1 Å². The number of nitrogens with one attached hydrogen (secondary N) is 1. The van der Waals surface area contributed by atoms with Gasteiger partial charge in [0.1, 0.15) is 29.0 Å². The van der Waals surface area contributed by atoms with E-state index in [1.165, 1.54) is 19.5 Å². The molecule has 0 aliphatic rings. The average Bonchev–Trinajstić information content (AvgIpc) is 2.47. The van der Waals surface area contributed by atoms with Crippen molar-refractivity contribution in [2.45, 2.75) is 0 Å². The Morgan fingerprint density at radius 3 is 2.90 bits per heavy atom. The van der Waals surface area contributed by atoms with Crippen molar-refractivity contribution in [3.8, 4) is 11.8 Å². The minimum Gasteiger partial charge on any atom is -0.495 e. The van der Waals surface area contributed by atoms with E-state index < -0.39 is 5.91 Å². The third kappa shape index (κ3) is 2.64. The molecule has 0 aliphatic heterocycles. The van der Waals surface area contributed by atoms with Gasteiger partial charge in [-0.05, 0) is 12.1 Å². The third-order valence-electron chi connectivity index (χ3n) is 2.49. The molecule has 0 atom stereocenters. The number of nitrogens with two attached hydrogens (primary N) is 1. The number of amides is 1. The lowest BCUT2D eigenvalue weighted by atomic mass is 10.1. The summed E-state index contributed by atoms with van der Waals surface area (Å²) in [6.45, 7) is 0. The van der Waals surface area contributed by atoms with E-state index in [4.69, 9.17) is 15.7 Å². The van der Waals surface area contributed by atoms with Gasteiger partial charge in [-0.2, -0.15) is 5.26 Å². The molecule has 20 heavy (non-hydrogen) atoms. The van der Waals surface area contributed by atoms with Gasteiger partial charge in [-0.1, -0.05) is 6.07 Å². The van der Waals surface area contributed by atoms with Crippen LogP contribution in [0.5, 0.6) is 5.75 Å². The summed E-state index contributed by atoms with van der Waals surface area (Å²) in [5.74, 6) is -0.00162. The normalized spacial score (nSPS) is 9.60. The molecule has 100 valence electrons. The first-order valence-corrected chi connectivity index (χ1v) is 5.61. The van der Waals surface area contributed by atoms with E-state index in [2.05, 4.69) is 15.3 Å². The van der Waals surface area contributed by atoms with Crippen LogP contribution >= 0.6 is 0 Å². The van der Waals surface area contributed by atoms with E-state index in [1.54, 1.807) is 18.2 Å². The second-order valence-electron chi connectivity index (χ2n) is 3.78. The van der Waals surface area contributed by atoms with Gasteiger partial charge in [0.25, 0.3) is 5.91 Å². The number of ether oxygens (including phenoxy) is 1.